The molecule has 2 aliphatic rings. The molecule has 1 fully saturated rings. The molecule has 2 aromatic carbocycles. The van der Waals surface area contributed by atoms with E-state index in [9.17, 15) is 19.8 Å². The molecule has 3 atom stereocenters. The Bertz CT molecular complexity index is 1230. The van der Waals surface area contributed by atoms with Gasteiger partial charge in [-0.1, -0.05) is 24.3 Å². The zero-order valence-electron chi connectivity index (χ0n) is 19.7. The second-order valence-electron chi connectivity index (χ2n) is 9.23. The molecule has 0 radical (unpaired) electrons. The lowest BCUT2D eigenvalue weighted by Crippen LogP contribution is -2.56. The fraction of sp³-hybridized carbons (Fsp3) is 0.296. The summed E-state index contributed by atoms with van der Waals surface area (Å²) in [6.45, 7) is 0.701. The minimum absolute atomic E-state index is 0.128. The van der Waals surface area contributed by atoms with Gasteiger partial charge in [-0.05, 0) is 71.8 Å². The highest BCUT2D eigenvalue weighted by Crippen LogP contribution is 2.29. The van der Waals surface area contributed by atoms with Gasteiger partial charge in [0.05, 0.1) is 6.04 Å². The maximum atomic E-state index is 12.9. The summed E-state index contributed by atoms with van der Waals surface area (Å²) in [4.78, 5) is 31.0. The van der Waals surface area contributed by atoms with Gasteiger partial charge in [0.15, 0.2) is 0 Å². The van der Waals surface area contributed by atoms with Gasteiger partial charge in [-0.15, -0.1) is 0 Å². The Morgan fingerprint density at radius 1 is 1.00 bits per heavy atom. The second-order valence-corrected chi connectivity index (χ2v) is 9.23. The molecule has 9 nitrogen and oxygen atoms in total. The largest absolute Gasteiger partial charge is 0.379 e. The summed E-state index contributed by atoms with van der Waals surface area (Å²) in [5.41, 5.74) is 5.36. The van der Waals surface area contributed by atoms with Gasteiger partial charge in [-0.3, -0.25) is 15.1 Å². The Hall–Kier alpha value is -3.79. The standard InChI is InChI=1S/C27H29N5O4/c33-24-8-7-23(25(34)31-24)32-16-20-14-19(3-6-22(20)26(32)35)15-29-27(36)30-21-4-1-17(2-5-21)13-18-9-11-28-12-10-18/h1-6,9-12,14,23-25,31,33-34H,7-8,13,15-16H2,(H2,29,30,36). The van der Waals surface area contributed by atoms with Crippen LogP contribution in [0.1, 0.15) is 45.5 Å². The van der Waals surface area contributed by atoms with Crippen LogP contribution in [0.5, 0.6) is 0 Å². The molecule has 1 aromatic heterocycles. The van der Waals surface area contributed by atoms with Crippen molar-refractivity contribution in [3.63, 3.8) is 0 Å². The van der Waals surface area contributed by atoms with Gasteiger partial charge in [0, 0.05) is 36.7 Å². The van der Waals surface area contributed by atoms with Crippen LogP contribution >= 0.6 is 0 Å². The summed E-state index contributed by atoms with van der Waals surface area (Å²) in [5.74, 6) is -0.128. The summed E-state index contributed by atoms with van der Waals surface area (Å²) in [5, 5.41) is 28.3. The molecule has 0 spiro atoms. The van der Waals surface area contributed by atoms with Gasteiger partial charge in [-0.2, -0.15) is 0 Å². The molecular weight excluding hydrogens is 458 g/mol. The normalized spacial score (nSPS) is 21.2. The van der Waals surface area contributed by atoms with E-state index in [0.29, 0.717) is 37.2 Å². The topological polar surface area (TPSA) is 127 Å². The lowest BCUT2D eigenvalue weighted by molar-refractivity contribution is -0.0477. The number of anilines is 1. The molecular formula is C27H29N5O4. The van der Waals surface area contributed by atoms with Crippen LogP contribution in [0.2, 0.25) is 0 Å². The van der Waals surface area contributed by atoms with Crippen LogP contribution in [0.15, 0.2) is 67.0 Å². The van der Waals surface area contributed by atoms with Gasteiger partial charge < -0.3 is 25.7 Å². The van der Waals surface area contributed by atoms with Crippen molar-refractivity contribution in [2.45, 2.75) is 50.8 Å². The number of piperidine rings is 1. The highest BCUT2D eigenvalue weighted by molar-refractivity contribution is 5.98. The minimum atomic E-state index is -0.971. The number of benzene rings is 2. The maximum absolute atomic E-state index is 12.9. The first kappa shape index (κ1) is 23.9. The van der Waals surface area contributed by atoms with Crippen LogP contribution in [-0.4, -0.2) is 50.5 Å². The number of aromatic nitrogens is 1. The van der Waals surface area contributed by atoms with E-state index in [1.807, 2.05) is 48.5 Å². The molecule has 0 bridgehead atoms. The number of hydrogen-bond acceptors (Lipinski definition) is 6. The predicted octanol–water partition coefficient (Wildman–Crippen LogP) is 2.34. The van der Waals surface area contributed by atoms with Crippen molar-refractivity contribution in [3.05, 3.63) is 94.8 Å². The lowest BCUT2D eigenvalue weighted by atomic mass is 10.0. The molecule has 3 aromatic rings. The number of carbonyl (C=O) groups is 2. The van der Waals surface area contributed by atoms with Crippen LogP contribution in [-0.2, 0) is 19.5 Å². The first-order chi connectivity index (χ1) is 17.5. The summed E-state index contributed by atoms with van der Waals surface area (Å²) >= 11 is 0. The van der Waals surface area contributed by atoms with Crippen molar-refractivity contribution in [1.29, 1.82) is 0 Å². The third kappa shape index (κ3) is 5.38. The van der Waals surface area contributed by atoms with Gasteiger partial charge in [-0.25, -0.2) is 4.79 Å². The fourth-order valence-corrected chi connectivity index (χ4v) is 4.78. The Labute approximate surface area is 209 Å². The first-order valence-electron chi connectivity index (χ1n) is 12.0. The van der Waals surface area contributed by atoms with E-state index in [1.165, 1.54) is 5.56 Å². The van der Waals surface area contributed by atoms with Crippen LogP contribution in [0, 0.1) is 0 Å². The van der Waals surface area contributed by atoms with Crippen molar-refractivity contribution in [1.82, 2.24) is 20.5 Å². The third-order valence-corrected chi connectivity index (χ3v) is 6.69. The number of nitrogens with zero attached hydrogens (tertiary/aromatic N) is 2. The molecule has 0 saturated carbocycles. The molecule has 36 heavy (non-hydrogen) atoms. The Morgan fingerprint density at radius 3 is 2.47 bits per heavy atom. The van der Waals surface area contributed by atoms with Gasteiger partial charge in [0.1, 0.15) is 12.5 Å². The second kappa shape index (κ2) is 10.4. The Balaban J connectivity index is 1.14. The molecule has 186 valence electrons. The molecule has 0 aliphatic carbocycles. The number of aliphatic hydroxyl groups excluding tert-OH is 2. The van der Waals surface area contributed by atoms with Crippen LogP contribution in [0.25, 0.3) is 0 Å². The van der Waals surface area contributed by atoms with Gasteiger partial charge >= 0.3 is 6.03 Å². The maximum Gasteiger partial charge on any atom is 0.319 e. The summed E-state index contributed by atoms with van der Waals surface area (Å²) in [7, 11) is 0. The Morgan fingerprint density at radius 2 is 1.72 bits per heavy atom. The van der Waals surface area contributed by atoms with E-state index >= 15 is 0 Å². The van der Waals surface area contributed by atoms with Crippen molar-refractivity contribution < 1.29 is 19.8 Å². The Kier molecular flexibility index (Phi) is 6.95. The number of aliphatic hydroxyl groups is 2. The predicted molar refractivity (Wildman–Crippen MR) is 134 cm³/mol. The van der Waals surface area contributed by atoms with E-state index in [1.54, 1.807) is 23.4 Å². The first-order valence-corrected chi connectivity index (χ1v) is 12.0. The quantitative estimate of drug-likeness (QED) is 0.363. The minimum Gasteiger partial charge on any atom is -0.379 e. The van der Waals surface area contributed by atoms with Crippen LogP contribution in [0.3, 0.4) is 0 Å². The lowest BCUT2D eigenvalue weighted by Gasteiger charge is -2.37. The van der Waals surface area contributed by atoms with E-state index in [2.05, 4.69) is 20.9 Å². The molecule has 3 amide bonds. The number of nitrogens with one attached hydrogen (secondary N) is 3. The fourth-order valence-electron chi connectivity index (χ4n) is 4.78. The van der Waals surface area contributed by atoms with E-state index in [-0.39, 0.29) is 11.9 Å². The average Bonchev–Trinajstić information content (AvgIpc) is 3.20. The van der Waals surface area contributed by atoms with E-state index in [4.69, 9.17) is 0 Å². The number of amides is 3. The molecule has 2 aliphatic heterocycles. The number of hydrogen-bond donors (Lipinski definition) is 5. The van der Waals surface area contributed by atoms with Crippen molar-refractivity contribution >= 4 is 17.6 Å². The van der Waals surface area contributed by atoms with Crippen LogP contribution < -0.4 is 16.0 Å². The average molecular weight is 488 g/mol. The van der Waals surface area contributed by atoms with Gasteiger partial charge in [0.25, 0.3) is 5.91 Å². The van der Waals surface area contributed by atoms with E-state index in [0.717, 1.165) is 23.1 Å². The van der Waals surface area contributed by atoms with E-state index < -0.39 is 18.5 Å². The monoisotopic (exact) mass is 487 g/mol. The zero-order chi connectivity index (χ0) is 25.1. The van der Waals surface area contributed by atoms with Gasteiger partial charge in [0.2, 0.25) is 0 Å². The number of urea groups is 1. The molecule has 3 unspecified atom stereocenters. The summed E-state index contributed by atoms with van der Waals surface area (Å²) < 4.78 is 0. The highest BCUT2D eigenvalue weighted by Gasteiger charge is 2.38. The van der Waals surface area contributed by atoms with Crippen molar-refractivity contribution in [2.75, 3.05) is 5.32 Å². The molecule has 5 rings (SSSR count). The molecule has 9 heteroatoms. The van der Waals surface area contributed by atoms with Crippen LogP contribution in [0.4, 0.5) is 10.5 Å². The molecule has 5 N–H and O–H groups in total. The smallest absolute Gasteiger partial charge is 0.319 e. The molecule has 1 saturated heterocycles. The summed E-state index contributed by atoms with van der Waals surface area (Å²) in [6, 6.07) is 16.5. The van der Waals surface area contributed by atoms with Crippen molar-refractivity contribution in [2.24, 2.45) is 0 Å². The highest BCUT2D eigenvalue weighted by atomic mass is 16.3. The third-order valence-electron chi connectivity index (χ3n) is 6.69. The SMILES string of the molecule is O=C(NCc1ccc2c(c1)CN(C1CCC(O)NC1O)C2=O)Nc1ccc(Cc2ccncc2)cc1. The number of fused-ring (bicyclic) bond motifs is 1. The number of carbonyl (C=O) groups excluding carboxylic acids is 2. The summed E-state index contributed by atoms with van der Waals surface area (Å²) in [6.07, 6.45) is 3.61. The zero-order valence-corrected chi connectivity index (χ0v) is 19.7. The number of pyridine rings is 1. The molecule has 3 heterocycles. The van der Waals surface area contributed by atoms with Crippen molar-refractivity contribution in [3.8, 4) is 0 Å². The number of rotatable bonds is 6.